The van der Waals surface area contributed by atoms with E-state index in [4.69, 9.17) is 23.7 Å². The second-order valence-electron chi connectivity index (χ2n) is 10.0. The molecule has 1 aromatic rings. The van der Waals surface area contributed by atoms with Gasteiger partial charge in [0, 0.05) is 25.7 Å². The quantitative estimate of drug-likeness (QED) is 0.786. The Balaban J connectivity index is 1.28. The van der Waals surface area contributed by atoms with Gasteiger partial charge in [0.2, 0.25) is 0 Å². The first-order chi connectivity index (χ1) is 15.2. The van der Waals surface area contributed by atoms with Crippen LogP contribution in [0.4, 0.5) is 0 Å². The Morgan fingerprint density at radius 2 is 1.19 bits per heavy atom. The van der Waals surface area contributed by atoms with Crippen LogP contribution in [-0.4, -0.2) is 53.3 Å². The molecule has 3 saturated carbocycles. The van der Waals surface area contributed by atoms with Crippen LogP contribution in [0.5, 0.6) is 0 Å². The lowest BCUT2D eigenvalue weighted by Gasteiger charge is -2.40. The van der Waals surface area contributed by atoms with E-state index in [1.807, 2.05) is 18.2 Å². The molecule has 6 heteroatoms. The second kappa shape index (κ2) is 8.08. The Kier molecular flexibility index (Phi) is 5.37. The molecule has 2 heterocycles. The summed E-state index contributed by atoms with van der Waals surface area (Å²) in [6.45, 7) is 0.473. The number of hydrogen-bond acceptors (Lipinski definition) is 6. The third-order valence-corrected chi connectivity index (χ3v) is 7.89. The highest BCUT2D eigenvalue weighted by Crippen LogP contribution is 2.51. The Labute approximate surface area is 184 Å². The van der Waals surface area contributed by atoms with Gasteiger partial charge in [0.15, 0.2) is 11.6 Å². The summed E-state index contributed by atoms with van der Waals surface area (Å²) in [7, 11) is 0. The van der Waals surface area contributed by atoms with Gasteiger partial charge >= 0.3 is 0 Å². The van der Waals surface area contributed by atoms with Gasteiger partial charge in [-0.3, -0.25) is 0 Å². The normalized spacial score (nSPS) is 40.7. The van der Waals surface area contributed by atoms with Crippen LogP contribution in [0.1, 0.15) is 69.8 Å². The summed E-state index contributed by atoms with van der Waals surface area (Å²) in [5, 5.41) is 11.3. The van der Waals surface area contributed by atoms with E-state index >= 15 is 0 Å². The molecule has 2 spiro atoms. The molecule has 5 fully saturated rings. The smallest absolute Gasteiger partial charge is 0.169 e. The minimum atomic E-state index is -0.769. The first-order valence-electron chi connectivity index (χ1n) is 12.2. The molecule has 1 aromatic carbocycles. The average Bonchev–Trinajstić information content (AvgIpc) is 3.35. The summed E-state index contributed by atoms with van der Waals surface area (Å²) >= 11 is 0. The van der Waals surface area contributed by atoms with Gasteiger partial charge in [-0.25, -0.2) is 0 Å². The first kappa shape index (κ1) is 20.6. The largest absolute Gasteiger partial charge is 0.387 e. The minimum Gasteiger partial charge on any atom is -0.387 e. The molecule has 6 nitrogen and oxygen atoms in total. The molecule has 0 radical (unpaired) electrons. The molecule has 2 saturated heterocycles. The van der Waals surface area contributed by atoms with E-state index in [0.29, 0.717) is 6.61 Å². The third kappa shape index (κ3) is 3.65. The molecule has 170 valence electrons. The van der Waals surface area contributed by atoms with Crippen LogP contribution >= 0.6 is 0 Å². The summed E-state index contributed by atoms with van der Waals surface area (Å²) in [5.74, 6) is -1.19. The van der Waals surface area contributed by atoms with E-state index in [2.05, 4.69) is 12.1 Å². The number of rotatable bonds is 3. The maximum absolute atomic E-state index is 11.3. The van der Waals surface area contributed by atoms with E-state index in [9.17, 15) is 5.11 Å². The van der Waals surface area contributed by atoms with E-state index in [-0.39, 0.29) is 18.3 Å². The molecular weight excluding hydrogens is 396 g/mol. The monoisotopic (exact) mass is 430 g/mol. The number of aliphatic hydroxyl groups is 1. The maximum atomic E-state index is 11.3. The third-order valence-electron chi connectivity index (χ3n) is 7.89. The molecule has 1 N–H and O–H groups in total. The zero-order valence-electron chi connectivity index (χ0n) is 18.1. The van der Waals surface area contributed by atoms with Crippen molar-refractivity contribution in [3.05, 3.63) is 35.9 Å². The first-order valence-corrected chi connectivity index (χ1v) is 12.2. The molecule has 0 amide bonds. The van der Waals surface area contributed by atoms with Crippen molar-refractivity contribution in [2.24, 2.45) is 0 Å². The Hall–Kier alpha value is -1.02. The van der Waals surface area contributed by atoms with Gasteiger partial charge in [0.05, 0.1) is 6.61 Å². The van der Waals surface area contributed by atoms with Crippen molar-refractivity contribution in [2.75, 3.05) is 0 Å². The lowest BCUT2D eigenvalue weighted by Crippen LogP contribution is -2.62. The Morgan fingerprint density at radius 1 is 0.710 bits per heavy atom. The maximum Gasteiger partial charge on any atom is 0.169 e. The predicted molar refractivity (Wildman–Crippen MR) is 112 cm³/mol. The van der Waals surface area contributed by atoms with Gasteiger partial charge in [0.1, 0.15) is 36.6 Å². The summed E-state index contributed by atoms with van der Waals surface area (Å²) < 4.78 is 32.7. The molecule has 6 rings (SSSR count). The standard InChI is InChI=1S/C25H34O6/c26-18-19-22(30-24(28-19)12-6-2-7-13-24)21(27-16-17-10-4-1-5-11-17)23-20(18)29-25(31-23)14-8-3-9-15-25/h1,4-5,10-11,18-23,26H,2-3,6-9,12-16H2/t18-,19-,20+,21-,22-,23-/m0/s1. The zero-order valence-corrected chi connectivity index (χ0v) is 18.1. The van der Waals surface area contributed by atoms with Crippen molar-refractivity contribution in [3.63, 3.8) is 0 Å². The predicted octanol–water partition coefficient (Wildman–Crippen LogP) is 3.84. The fourth-order valence-electron chi connectivity index (χ4n) is 6.33. The van der Waals surface area contributed by atoms with E-state index in [1.54, 1.807) is 0 Å². The molecule has 31 heavy (non-hydrogen) atoms. The van der Waals surface area contributed by atoms with Crippen LogP contribution in [0, 0.1) is 0 Å². The van der Waals surface area contributed by atoms with E-state index in [0.717, 1.165) is 56.9 Å². The number of ether oxygens (including phenoxy) is 5. The lowest BCUT2D eigenvalue weighted by molar-refractivity contribution is -0.227. The summed E-state index contributed by atoms with van der Waals surface area (Å²) in [6, 6.07) is 10.2. The molecule has 0 bridgehead atoms. The number of benzene rings is 1. The number of hydrogen-bond donors (Lipinski definition) is 1. The van der Waals surface area contributed by atoms with Crippen LogP contribution in [0.25, 0.3) is 0 Å². The molecule has 6 atom stereocenters. The van der Waals surface area contributed by atoms with Crippen LogP contribution in [-0.2, 0) is 30.3 Å². The Bertz CT molecular complexity index is 715. The van der Waals surface area contributed by atoms with Crippen LogP contribution < -0.4 is 0 Å². The van der Waals surface area contributed by atoms with E-state index in [1.165, 1.54) is 12.8 Å². The molecule has 2 aliphatic heterocycles. The molecule has 3 aliphatic carbocycles. The van der Waals surface area contributed by atoms with Crippen molar-refractivity contribution in [1.82, 2.24) is 0 Å². The van der Waals surface area contributed by atoms with Gasteiger partial charge in [-0.2, -0.15) is 0 Å². The van der Waals surface area contributed by atoms with Gasteiger partial charge in [0.25, 0.3) is 0 Å². The fraction of sp³-hybridized carbons (Fsp3) is 0.760. The molecule has 5 aliphatic rings. The highest BCUT2D eigenvalue weighted by molar-refractivity contribution is 5.15. The fourth-order valence-corrected chi connectivity index (χ4v) is 6.33. The number of fused-ring (bicyclic) bond motifs is 2. The Morgan fingerprint density at radius 3 is 1.71 bits per heavy atom. The average molecular weight is 431 g/mol. The highest BCUT2D eigenvalue weighted by atomic mass is 16.8. The van der Waals surface area contributed by atoms with Crippen LogP contribution in [0.2, 0.25) is 0 Å². The molecular formula is C25H34O6. The van der Waals surface area contributed by atoms with Crippen molar-refractivity contribution in [1.29, 1.82) is 0 Å². The second-order valence-corrected chi connectivity index (χ2v) is 10.0. The van der Waals surface area contributed by atoms with Crippen molar-refractivity contribution in [3.8, 4) is 0 Å². The zero-order chi connectivity index (χ0) is 20.9. The lowest BCUT2D eigenvalue weighted by atomic mass is 9.85. The van der Waals surface area contributed by atoms with Crippen LogP contribution in [0.3, 0.4) is 0 Å². The molecule has 0 aromatic heterocycles. The van der Waals surface area contributed by atoms with Crippen molar-refractivity contribution >= 4 is 0 Å². The van der Waals surface area contributed by atoms with Gasteiger partial charge in [-0.15, -0.1) is 0 Å². The topological polar surface area (TPSA) is 66.4 Å². The molecule has 0 unspecified atom stereocenters. The summed E-state index contributed by atoms with van der Waals surface area (Å²) in [6.07, 6.45) is 7.60. The van der Waals surface area contributed by atoms with Gasteiger partial charge < -0.3 is 28.8 Å². The van der Waals surface area contributed by atoms with Crippen molar-refractivity contribution in [2.45, 2.75) is 119 Å². The van der Waals surface area contributed by atoms with E-state index < -0.39 is 29.9 Å². The van der Waals surface area contributed by atoms with Gasteiger partial charge in [-0.05, 0) is 31.2 Å². The van der Waals surface area contributed by atoms with Gasteiger partial charge in [-0.1, -0.05) is 43.2 Å². The number of aliphatic hydroxyl groups excluding tert-OH is 1. The SMILES string of the molecule is O[C@@H]1[C@H]2OC3(CCCCC3)O[C@@H]2[C@@H](OCc2ccccc2)[C@H]2OC3(CCCCC3)O[C@@H]12. The van der Waals surface area contributed by atoms with Crippen molar-refractivity contribution < 1.29 is 28.8 Å². The van der Waals surface area contributed by atoms with Crippen LogP contribution in [0.15, 0.2) is 30.3 Å². The summed E-state index contributed by atoms with van der Waals surface area (Å²) in [5.41, 5.74) is 1.11. The minimum absolute atomic E-state index is 0.332. The summed E-state index contributed by atoms with van der Waals surface area (Å²) in [4.78, 5) is 0. The highest BCUT2D eigenvalue weighted by Gasteiger charge is 2.66.